The van der Waals surface area contributed by atoms with Crippen LogP contribution in [0.15, 0.2) is 24.3 Å². The Balaban J connectivity index is 2.37. The molecule has 2 amide bonds. The highest BCUT2D eigenvalue weighted by Gasteiger charge is 2.22. The molecule has 114 valence electrons. The Kier molecular flexibility index (Phi) is 6.12. The summed E-state index contributed by atoms with van der Waals surface area (Å²) < 4.78 is 12.7. The first kappa shape index (κ1) is 16.4. The Bertz CT molecular complexity index is 518. The minimum Gasteiger partial charge on any atom is -0.481 e. The predicted molar refractivity (Wildman–Crippen MR) is 70.3 cm³/mol. The van der Waals surface area contributed by atoms with Crippen LogP contribution in [0, 0.1) is 5.82 Å². The molecule has 0 unspecified atom stereocenters. The van der Waals surface area contributed by atoms with E-state index in [0.717, 1.165) is 5.56 Å². The third kappa shape index (κ3) is 6.37. The van der Waals surface area contributed by atoms with Crippen molar-refractivity contribution < 1.29 is 29.0 Å². The maximum Gasteiger partial charge on any atom is 0.326 e. The van der Waals surface area contributed by atoms with Crippen molar-refractivity contribution in [2.24, 2.45) is 0 Å². The number of carbonyl (C=O) groups excluding carboxylic acids is 1. The highest BCUT2D eigenvalue weighted by molar-refractivity contribution is 5.86. The zero-order valence-corrected chi connectivity index (χ0v) is 11.0. The van der Waals surface area contributed by atoms with Gasteiger partial charge in [0.05, 0.1) is 6.42 Å². The molecule has 4 N–H and O–H groups in total. The summed E-state index contributed by atoms with van der Waals surface area (Å²) in [5.74, 6) is -3.11. The summed E-state index contributed by atoms with van der Waals surface area (Å²) in [7, 11) is 0. The molecule has 1 aromatic rings. The van der Waals surface area contributed by atoms with E-state index in [4.69, 9.17) is 10.2 Å². The first-order valence-corrected chi connectivity index (χ1v) is 6.12. The van der Waals surface area contributed by atoms with Gasteiger partial charge in [-0.2, -0.15) is 0 Å². The third-order valence-corrected chi connectivity index (χ3v) is 2.59. The summed E-state index contributed by atoms with van der Waals surface area (Å²) >= 11 is 0. The molecule has 0 aromatic heterocycles. The van der Waals surface area contributed by atoms with Crippen molar-refractivity contribution in [2.45, 2.75) is 18.9 Å². The van der Waals surface area contributed by atoms with E-state index in [0.29, 0.717) is 6.42 Å². The van der Waals surface area contributed by atoms with Crippen LogP contribution in [0.3, 0.4) is 0 Å². The Morgan fingerprint density at radius 1 is 1.14 bits per heavy atom. The second-order valence-corrected chi connectivity index (χ2v) is 4.27. The summed E-state index contributed by atoms with van der Waals surface area (Å²) in [4.78, 5) is 32.7. The molecule has 0 bridgehead atoms. The monoisotopic (exact) mass is 298 g/mol. The first-order valence-electron chi connectivity index (χ1n) is 6.12. The second-order valence-electron chi connectivity index (χ2n) is 4.27. The average molecular weight is 298 g/mol. The SMILES string of the molecule is O=C(O)C[C@@H](NC(=O)NCCc1ccc(F)cc1)C(=O)O. The van der Waals surface area contributed by atoms with Crippen molar-refractivity contribution in [3.05, 3.63) is 35.6 Å². The van der Waals surface area contributed by atoms with E-state index < -0.39 is 30.4 Å². The Labute approximate surface area is 119 Å². The highest BCUT2D eigenvalue weighted by Crippen LogP contribution is 2.02. The maximum atomic E-state index is 12.7. The lowest BCUT2D eigenvalue weighted by molar-refractivity contribution is -0.145. The van der Waals surface area contributed by atoms with Gasteiger partial charge in [-0.05, 0) is 24.1 Å². The van der Waals surface area contributed by atoms with Crippen LogP contribution in [0.25, 0.3) is 0 Å². The van der Waals surface area contributed by atoms with Crippen LogP contribution in [-0.2, 0) is 16.0 Å². The molecule has 1 atom stereocenters. The molecule has 0 fully saturated rings. The minimum absolute atomic E-state index is 0.205. The molecule has 0 saturated carbocycles. The number of hydrogen-bond donors (Lipinski definition) is 4. The fourth-order valence-electron chi connectivity index (χ4n) is 1.56. The fourth-order valence-corrected chi connectivity index (χ4v) is 1.56. The molecule has 0 spiro atoms. The lowest BCUT2D eigenvalue weighted by atomic mass is 10.1. The molecule has 1 rings (SSSR count). The number of carboxylic acids is 2. The summed E-state index contributed by atoms with van der Waals surface area (Å²) in [6.07, 6.45) is -0.273. The lowest BCUT2D eigenvalue weighted by Gasteiger charge is -2.13. The molecule has 0 saturated heterocycles. The number of halogens is 1. The molecule has 0 radical (unpaired) electrons. The molecule has 21 heavy (non-hydrogen) atoms. The van der Waals surface area contributed by atoms with Crippen molar-refractivity contribution in [2.75, 3.05) is 6.54 Å². The van der Waals surface area contributed by atoms with E-state index in [2.05, 4.69) is 10.6 Å². The molecular weight excluding hydrogens is 283 g/mol. The number of aliphatic carboxylic acids is 2. The number of amides is 2. The van der Waals surface area contributed by atoms with Gasteiger partial charge < -0.3 is 20.8 Å². The number of benzene rings is 1. The quantitative estimate of drug-likeness (QED) is 0.588. The molecular formula is C13H15FN2O5. The third-order valence-electron chi connectivity index (χ3n) is 2.59. The van der Waals surface area contributed by atoms with Crippen LogP contribution in [0.1, 0.15) is 12.0 Å². The predicted octanol–water partition coefficient (Wildman–Crippen LogP) is 0.595. The number of nitrogens with one attached hydrogen (secondary N) is 2. The molecule has 0 aliphatic heterocycles. The zero-order valence-electron chi connectivity index (χ0n) is 11.0. The smallest absolute Gasteiger partial charge is 0.326 e. The Hall–Kier alpha value is -2.64. The fraction of sp³-hybridized carbons (Fsp3) is 0.308. The van der Waals surface area contributed by atoms with Crippen molar-refractivity contribution in [1.82, 2.24) is 10.6 Å². The number of hydrogen-bond acceptors (Lipinski definition) is 3. The van der Waals surface area contributed by atoms with Crippen LogP contribution in [0.5, 0.6) is 0 Å². The first-order chi connectivity index (χ1) is 9.88. The maximum absolute atomic E-state index is 12.7. The van der Waals surface area contributed by atoms with Gasteiger partial charge in [0, 0.05) is 6.54 Å². The van der Waals surface area contributed by atoms with Gasteiger partial charge in [-0.25, -0.2) is 14.0 Å². The van der Waals surface area contributed by atoms with E-state index in [1.807, 2.05) is 0 Å². The lowest BCUT2D eigenvalue weighted by Crippen LogP contribution is -2.47. The van der Waals surface area contributed by atoms with Gasteiger partial charge in [-0.3, -0.25) is 4.79 Å². The normalized spacial score (nSPS) is 11.5. The van der Waals surface area contributed by atoms with Crippen molar-refractivity contribution in [1.29, 1.82) is 0 Å². The molecule has 0 aliphatic carbocycles. The number of carboxylic acid groups (broad SMARTS) is 2. The van der Waals surface area contributed by atoms with Crippen LogP contribution < -0.4 is 10.6 Å². The van der Waals surface area contributed by atoms with Gasteiger partial charge in [0.2, 0.25) is 0 Å². The van der Waals surface area contributed by atoms with E-state index in [1.54, 1.807) is 12.1 Å². The molecule has 7 nitrogen and oxygen atoms in total. The van der Waals surface area contributed by atoms with Gasteiger partial charge in [0.1, 0.15) is 11.9 Å². The van der Waals surface area contributed by atoms with Crippen LogP contribution in [0.4, 0.5) is 9.18 Å². The van der Waals surface area contributed by atoms with Gasteiger partial charge in [-0.15, -0.1) is 0 Å². The summed E-state index contributed by atoms with van der Waals surface area (Å²) in [6, 6.07) is 3.46. The molecule has 8 heteroatoms. The van der Waals surface area contributed by atoms with E-state index >= 15 is 0 Å². The van der Waals surface area contributed by atoms with Crippen molar-refractivity contribution in [3.63, 3.8) is 0 Å². The van der Waals surface area contributed by atoms with Gasteiger partial charge in [0.25, 0.3) is 0 Å². The Morgan fingerprint density at radius 2 is 1.76 bits per heavy atom. The zero-order chi connectivity index (χ0) is 15.8. The largest absolute Gasteiger partial charge is 0.481 e. The van der Waals surface area contributed by atoms with Crippen LogP contribution >= 0.6 is 0 Å². The van der Waals surface area contributed by atoms with E-state index in [1.165, 1.54) is 12.1 Å². The van der Waals surface area contributed by atoms with Crippen molar-refractivity contribution in [3.8, 4) is 0 Å². The topological polar surface area (TPSA) is 116 Å². The van der Waals surface area contributed by atoms with Crippen molar-refractivity contribution >= 4 is 18.0 Å². The highest BCUT2D eigenvalue weighted by atomic mass is 19.1. The van der Waals surface area contributed by atoms with Gasteiger partial charge in [0.15, 0.2) is 0 Å². The minimum atomic E-state index is -1.49. The van der Waals surface area contributed by atoms with Crippen LogP contribution in [-0.4, -0.2) is 40.8 Å². The second kappa shape index (κ2) is 7.83. The summed E-state index contributed by atoms with van der Waals surface area (Å²) in [6.45, 7) is 0.205. The van der Waals surface area contributed by atoms with E-state index in [9.17, 15) is 18.8 Å². The number of urea groups is 1. The summed E-state index contributed by atoms with van der Waals surface area (Å²) in [5, 5.41) is 21.7. The van der Waals surface area contributed by atoms with Gasteiger partial charge in [-0.1, -0.05) is 12.1 Å². The molecule has 0 aliphatic rings. The average Bonchev–Trinajstić information content (AvgIpc) is 2.39. The number of carbonyl (C=O) groups is 3. The van der Waals surface area contributed by atoms with E-state index in [-0.39, 0.29) is 12.4 Å². The van der Waals surface area contributed by atoms with Crippen LogP contribution in [0.2, 0.25) is 0 Å². The molecule has 0 heterocycles. The van der Waals surface area contributed by atoms with Gasteiger partial charge >= 0.3 is 18.0 Å². The number of rotatable bonds is 7. The molecule has 1 aromatic carbocycles. The standard InChI is InChI=1S/C13H15FN2O5/c14-9-3-1-8(2-4-9)5-6-15-13(21)16-10(12(19)20)7-11(17)18/h1-4,10H,5-7H2,(H,17,18)(H,19,20)(H2,15,16,21)/t10-/m1/s1. The summed E-state index contributed by atoms with van der Waals surface area (Å²) in [5.41, 5.74) is 0.803. The Morgan fingerprint density at radius 3 is 2.29 bits per heavy atom.